The first-order valence-corrected chi connectivity index (χ1v) is 5.50. The maximum atomic E-state index is 13.2. The van der Waals surface area contributed by atoms with E-state index in [1.807, 2.05) is 13.8 Å². The third-order valence-electron chi connectivity index (χ3n) is 2.45. The van der Waals surface area contributed by atoms with Crippen LogP contribution >= 0.6 is 0 Å². The van der Waals surface area contributed by atoms with E-state index in [9.17, 15) is 9.18 Å². The first-order chi connectivity index (χ1) is 7.63. The van der Waals surface area contributed by atoms with Crippen molar-refractivity contribution in [1.29, 1.82) is 0 Å². The van der Waals surface area contributed by atoms with E-state index in [0.717, 1.165) is 6.42 Å². The van der Waals surface area contributed by atoms with Crippen LogP contribution in [0.2, 0.25) is 0 Å². The molecule has 0 N–H and O–H groups in total. The smallest absolute Gasteiger partial charge is 0.162 e. The summed E-state index contributed by atoms with van der Waals surface area (Å²) in [5.74, 6) is -0.426. The molecule has 16 heavy (non-hydrogen) atoms. The van der Waals surface area contributed by atoms with Crippen molar-refractivity contribution in [3.63, 3.8) is 0 Å². The lowest BCUT2D eigenvalue weighted by molar-refractivity contribution is -0.124. The van der Waals surface area contributed by atoms with Crippen LogP contribution in [-0.4, -0.2) is 18.5 Å². The van der Waals surface area contributed by atoms with Gasteiger partial charge in [0.25, 0.3) is 0 Å². The molecule has 0 spiro atoms. The lowest BCUT2D eigenvalue weighted by atomic mass is 10.1. The molecule has 0 aliphatic rings. The molecule has 1 atom stereocenters. The van der Waals surface area contributed by atoms with Gasteiger partial charge < -0.3 is 4.74 Å². The summed E-state index contributed by atoms with van der Waals surface area (Å²) in [6.07, 6.45) is 1.04. The van der Waals surface area contributed by atoms with E-state index >= 15 is 0 Å². The molecule has 0 aliphatic heterocycles. The number of carbonyl (C=O) groups excluding carboxylic acids is 1. The van der Waals surface area contributed by atoms with E-state index in [2.05, 4.69) is 0 Å². The predicted molar refractivity (Wildman–Crippen MR) is 60.8 cm³/mol. The normalized spacial score (nSPS) is 12.4. The molecule has 0 saturated heterocycles. The molecular formula is C13H17FO2. The number of carbonyl (C=O) groups is 1. The van der Waals surface area contributed by atoms with Crippen molar-refractivity contribution >= 4 is 5.78 Å². The van der Waals surface area contributed by atoms with Gasteiger partial charge in [0.15, 0.2) is 5.78 Å². The zero-order chi connectivity index (χ0) is 12.0. The number of rotatable bonds is 6. The zero-order valence-corrected chi connectivity index (χ0v) is 9.70. The van der Waals surface area contributed by atoms with Gasteiger partial charge in [-0.05, 0) is 25.0 Å². The Hall–Kier alpha value is -1.22. The molecule has 0 heterocycles. The summed E-state index contributed by atoms with van der Waals surface area (Å²) in [7, 11) is 0. The second kappa shape index (κ2) is 6.38. The van der Waals surface area contributed by atoms with Crippen molar-refractivity contribution in [2.75, 3.05) is 6.61 Å². The van der Waals surface area contributed by atoms with Crippen LogP contribution in [0.5, 0.6) is 0 Å². The van der Waals surface area contributed by atoms with E-state index in [1.165, 1.54) is 6.07 Å². The van der Waals surface area contributed by atoms with Gasteiger partial charge in [-0.1, -0.05) is 25.1 Å². The van der Waals surface area contributed by atoms with Crippen molar-refractivity contribution < 1.29 is 13.9 Å². The third-order valence-corrected chi connectivity index (χ3v) is 2.45. The van der Waals surface area contributed by atoms with E-state index in [4.69, 9.17) is 4.74 Å². The summed E-state index contributed by atoms with van der Waals surface area (Å²) in [5.41, 5.74) is 0.431. The highest BCUT2D eigenvalue weighted by molar-refractivity contribution is 5.82. The molecule has 0 aromatic heterocycles. The Labute approximate surface area is 95.4 Å². The van der Waals surface area contributed by atoms with Gasteiger partial charge in [0.05, 0.1) is 6.10 Å². The summed E-state index contributed by atoms with van der Waals surface area (Å²) in [6.45, 7) is 3.96. The van der Waals surface area contributed by atoms with Crippen LogP contribution < -0.4 is 0 Å². The van der Waals surface area contributed by atoms with Gasteiger partial charge in [-0.3, -0.25) is 4.79 Å². The van der Waals surface area contributed by atoms with Crippen LogP contribution in [0.4, 0.5) is 4.39 Å². The summed E-state index contributed by atoms with van der Waals surface area (Å²) in [4.78, 5) is 11.5. The van der Waals surface area contributed by atoms with Gasteiger partial charge in [0, 0.05) is 6.42 Å². The molecule has 0 amide bonds. The molecule has 3 heteroatoms. The minimum absolute atomic E-state index is 0.0589. The molecule has 0 bridgehead atoms. The molecular weight excluding hydrogens is 207 g/mol. The van der Waals surface area contributed by atoms with Gasteiger partial charge in [0.2, 0.25) is 0 Å². The maximum absolute atomic E-state index is 13.2. The molecule has 1 rings (SSSR count). The summed E-state index contributed by atoms with van der Waals surface area (Å²) in [6, 6.07) is 6.31. The SMILES string of the molecule is CCC(C)OCC(=O)Cc1ccccc1F. The molecule has 88 valence electrons. The number of benzene rings is 1. The highest BCUT2D eigenvalue weighted by atomic mass is 19.1. The number of ketones is 1. The lowest BCUT2D eigenvalue weighted by Crippen LogP contribution is -2.17. The summed E-state index contributed by atoms with van der Waals surface area (Å²) >= 11 is 0. The molecule has 1 aromatic carbocycles. The van der Waals surface area contributed by atoms with Crippen LogP contribution in [-0.2, 0) is 16.0 Å². The van der Waals surface area contributed by atoms with Gasteiger partial charge in [-0.2, -0.15) is 0 Å². The number of hydrogen-bond donors (Lipinski definition) is 0. The van der Waals surface area contributed by atoms with Crippen LogP contribution in [0.1, 0.15) is 25.8 Å². The van der Waals surface area contributed by atoms with Gasteiger partial charge in [0.1, 0.15) is 12.4 Å². The fourth-order valence-electron chi connectivity index (χ4n) is 1.26. The van der Waals surface area contributed by atoms with Crippen LogP contribution in [0.15, 0.2) is 24.3 Å². The number of halogens is 1. The van der Waals surface area contributed by atoms with Gasteiger partial charge >= 0.3 is 0 Å². The van der Waals surface area contributed by atoms with Crippen molar-refractivity contribution in [2.45, 2.75) is 32.8 Å². The van der Waals surface area contributed by atoms with E-state index in [-0.39, 0.29) is 30.7 Å². The monoisotopic (exact) mass is 224 g/mol. The lowest BCUT2D eigenvalue weighted by Gasteiger charge is -2.09. The first-order valence-electron chi connectivity index (χ1n) is 5.50. The molecule has 1 aromatic rings. The molecule has 0 saturated carbocycles. The Bertz CT molecular complexity index is 350. The minimum Gasteiger partial charge on any atom is -0.371 e. The van der Waals surface area contributed by atoms with Gasteiger partial charge in [-0.25, -0.2) is 4.39 Å². The minimum atomic E-state index is -0.334. The van der Waals surface area contributed by atoms with Crippen LogP contribution in [0.3, 0.4) is 0 Å². The van der Waals surface area contributed by atoms with E-state index < -0.39 is 0 Å². The molecule has 0 fully saturated rings. The topological polar surface area (TPSA) is 26.3 Å². The molecule has 0 radical (unpaired) electrons. The highest BCUT2D eigenvalue weighted by Gasteiger charge is 2.09. The fraction of sp³-hybridized carbons (Fsp3) is 0.462. The third kappa shape index (κ3) is 4.11. The van der Waals surface area contributed by atoms with Crippen molar-refractivity contribution in [3.8, 4) is 0 Å². The average Bonchev–Trinajstić information content (AvgIpc) is 2.29. The number of hydrogen-bond acceptors (Lipinski definition) is 2. The molecule has 2 nitrogen and oxygen atoms in total. The summed E-state index contributed by atoms with van der Waals surface area (Å²) < 4.78 is 18.5. The van der Waals surface area contributed by atoms with Gasteiger partial charge in [-0.15, -0.1) is 0 Å². The molecule has 1 unspecified atom stereocenters. The van der Waals surface area contributed by atoms with Crippen LogP contribution in [0, 0.1) is 5.82 Å². The van der Waals surface area contributed by atoms with E-state index in [1.54, 1.807) is 18.2 Å². The Kier molecular flexibility index (Phi) is 5.12. The fourth-order valence-corrected chi connectivity index (χ4v) is 1.26. The quantitative estimate of drug-likeness (QED) is 0.742. The second-order valence-corrected chi connectivity index (χ2v) is 3.84. The Morgan fingerprint density at radius 3 is 2.75 bits per heavy atom. The van der Waals surface area contributed by atoms with E-state index in [0.29, 0.717) is 5.56 Å². The van der Waals surface area contributed by atoms with Crippen molar-refractivity contribution in [1.82, 2.24) is 0 Å². The second-order valence-electron chi connectivity index (χ2n) is 3.84. The first kappa shape index (κ1) is 12.8. The zero-order valence-electron chi connectivity index (χ0n) is 9.70. The Morgan fingerprint density at radius 2 is 2.12 bits per heavy atom. The highest BCUT2D eigenvalue weighted by Crippen LogP contribution is 2.07. The number of Topliss-reactive ketones (excluding diaryl/α,β-unsaturated/α-hetero) is 1. The number of ether oxygens (including phenoxy) is 1. The maximum Gasteiger partial charge on any atom is 0.162 e. The Balaban J connectivity index is 2.43. The van der Waals surface area contributed by atoms with Crippen molar-refractivity contribution in [3.05, 3.63) is 35.6 Å². The standard InChI is InChI=1S/C13H17FO2/c1-3-10(2)16-9-12(15)8-11-6-4-5-7-13(11)14/h4-7,10H,3,8-9H2,1-2H3. The Morgan fingerprint density at radius 1 is 1.44 bits per heavy atom. The van der Waals surface area contributed by atoms with Crippen molar-refractivity contribution in [2.24, 2.45) is 0 Å². The summed E-state index contributed by atoms with van der Waals surface area (Å²) in [5, 5.41) is 0. The average molecular weight is 224 g/mol. The largest absolute Gasteiger partial charge is 0.371 e. The molecule has 0 aliphatic carbocycles. The predicted octanol–water partition coefficient (Wildman–Crippen LogP) is 2.75. The van der Waals surface area contributed by atoms with Crippen LogP contribution in [0.25, 0.3) is 0 Å².